The SMILES string of the molecule is COC(=O)Cc1ccc(OC)c(-c2ccc(C(F)(F)F)cc2CNC(=O)CCCOC(C)=O)c1. The second-order valence-electron chi connectivity index (χ2n) is 7.38. The Hall–Kier alpha value is -3.56. The highest BCUT2D eigenvalue weighted by molar-refractivity contribution is 5.79. The van der Waals surface area contributed by atoms with Gasteiger partial charge in [0.1, 0.15) is 5.75 Å². The summed E-state index contributed by atoms with van der Waals surface area (Å²) in [4.78, 5) is 34.6. The van der Waals surface area contributed by atoms with Gasteiger partial charge in [0.15, 0.2) is 0 Å². The normalized spacial score (nSPS) is 11.0. The smallest absolute Gasteiger partial charge is 0.416 e. The van der Waals surface area contributed by atoms with Crippen molar-refractivity contribution in [2.24, 2.45) is 0 Å². The quantitative estimate of drug-likeness (QED) is 0.407. The van der Waals surface area contributed by atoms with Crippen LogP contribution in [0.15, 0.2) is 36.4 Å². The van der Waals surface area contributed by atoms with Crippen LogP contribution in [0.2, 0.25) is 0 Å². The lowest BCUT2D eigenvalue weighted by Gasteiger charge is -2.17. The van der Waals surface area contributed by atoms with Gasteiger partial charge in [-0.05, 0) is 47.4 Å². The van der Waals surface area contributed by atoms with E-state index in [9.17, 15) is 27.6 Å². The summed E-state index contributed by atoms with van der Waals surface area (Å²) < 4.78 is 54.9. The molecule has 0 saturated heterocycles. The van der Waals surface area contributed by atoms with E-state index >= 15 is 0 Å². The van der Waals surface area contributed by atoms with Crippen molar-refractivity contribution >= 4 is 17.8 Å². The fraction of sp³-hybridized carbons (Fsp3) is 0.375. The van der Waals surface area contributed by atoms with Crippen LogP contribution >= 0.6 is 0 Å². The second-order valence-corrected chi connectivity index (χ2v) is 7.38. The minimum Gasteiger partial charge on any atom is -0.496 e. The van der Waals surface area contributed by atoms with Gasteiger partial charge in [-0.15, -0.1) is 0 Å². The summed E-state index contributed by atoms with van der Waals surface area (Å²) in [5.74, 6) is -0.938. The van der Waals surface area contributed by atoms with Crippen LogP contribution in [0.5, 0.6) is 5.75 Å². The van der Waals surface area contributed by atoms with Crippen molar-refractivity contribution in [3.8, 4) is 16.9 Å². The Morgan fingerprint density at radius 1 is 1.00 bits per heavy atom. The lowest BCUT2D eigenvalue weighted by atomic mass is 9.94. The molecular formula is C24H26F3NO6. The van der Waals surface area contributed by atoms with E-state index < -0.39 is 29.6 Å². The molecule has 1 amide bonds. The molecule has 10 heteroatoms. The van der Waals surface area contributed by atoms with Gasteiger partial charge in [-0.1, -0.05) is 12.1 Å². The third kappa shape index (κ3) is 7.79. The molecule has 0 atom stereocenters. The van der Waals surface area contributed by atoms with Crippen molar-refractivity contribution in [3.63, 3.8) is 0 Å². The lowest BCUT2D eigenvalue weighted by Crippen LogP contribution is -2.23. The van der Waals surface area contributed by atoms with Crippen LogP contribution in [0.3, 0.4) is 0 Å². The predicted octanol–water partition coefficient (Wildman–Crippen LogP) is 4.06. The first-order chi connectivity index (χ1) is 16.0. The van der Waals surface area contributed by atoms with Gasteiger partial charge in [-0.25, -0.2) is 0 Å². The summed E-state index contributed by atoms with van der Waals surface area (Å²) in [7, 11) is 2.68. The molecular weight excluding hydrogens is 455 g/mol. The van der Waals surface area contributed by atoms with Crippen molar-refractivity contribution in [1.29, 1.82) is 0 Å². The first-order valence-electron chi connectivity index (χ1n) is 10.4. The number of halogens is 3. The van der Waals surface area contributed by atoms with Gasteiger partial charge in [0.25, 0.3) is 0 Å². The number of hydrogen-bond acceptors (Lipinski definition) is 6. The molecule has 0 aromatic heterocycles. The van der Waals surface area contributed by atoms with E-state index in [1.807, 2.05) is 0 Å². The van der Waals surface area contributed by atoms with Crippen LogP contribution in [-0.2, 0) is 43.0 Å². The maximum Gasteiger partial charge on any atom is 0.416 e. The van der Waals surface area contributed by atoms with E-state index in [1.165, 1.54) is 27.2 Å². The Balaban J connectivity index is 2.35. The third-order valence-electron chi connectivity index (χ3n) is 4.89. The molecule has 34 heavy (non-hydrogen) atoms. The van der Waals surface area contributed by atoms with E-state index in [4.69, 9.17) is 9.47 Å². The van der Waals surface area contributed by atoms with Crippen LogP contribution in [0.4, 0.5) is 13.2 Å². The fourth-order valence-corrected chi connectivity index (χ4v) is 3.22. The zero-order valence-corrected chi connectivity index (χ0v) is 19.1. The average Bonchev–Trinajstić information content (AvgIpc) is 2.79. The minimum atomic E-state index is -4.57. The number of amides is 1. The van der Waals surface area contributed by atoms with E-state index in [1.54, 1.807) is 18.2 Å². The van der Waals surface area contributed by atoms with E-state index in [-0.39, 0.29) is 38.0 Å². The van der Waals surface area contributed by atoms with Crippen molar-refractivity contribution in [1.82, 2.24) is 5.32 Å². The van der Waals surface area contributed by atoms with Gasteiger partial charge < -0.3 is 19.5 Å². The summed E-state index contributed by atoms with van der Waals surface area (Å²) in [5.41, 5.74) is 0.827. The summed E-state index contributed by atoms with van der Waals surface area (Å²) in [6.45, 7) is 1.15. The summed E-state index contributed by atoms with van der Waals surface area (Å²) in [5, 5.41) is 2.61. The lowest BCUT2D eigenvalue weighted by molar-refractivity contribution is -0.141. The minimum absolute atomic E-state index is 0.0253. The van der Waals surface area contributed by atoms with E-state index in [2.05, 4.69) is 10.1 Å². The van der Waals surface area contributed by atoms with E-state index in [0.717, 1.165) is 12.1 Å². The molecule has 0 saturated carbocycles. The highest BCUT2D eigenvalue weighted by atomic mass is 19.4. The third-order valence-corrected chi connectivity index (χ3v) is 4.89. The number of esters is 2. The van der Waals surface area contributed by atoms with Gasteiger partial charge in [-0.3, -0.25) is 14.4 Å². The molecule has 2 aromatic rings. The van der Waals surface area contributed by atoms with Gasteiger partial charge in [0.05, 0.1) is 32.8 Å². The molecule has 0 aliphatic carbocycles. The maximum absolute atomic E-state index is 13.4. The fourth-order valence-electron chi connectivity index (χ4n) is 3.22. The Kier molecular flexibility index (Phi) is 9.47. The Bertz CT molecular complexity index is 1040. The summed E-state index contributed by atoms with van der Waals surface area (Å²) in [6.07, 6.45) is -4.27. The molecule has 0 aliphatic rings. The number of rotatable bonds is 10. The topological polar surface area (TPSA) is 90.9 Å². The number of hydrogen-bond donors (Lipinski definition) is 1. The van der Waals surface area contributed by atoms with E-state index in [0.29, 0.717) is 22.4 Å². The first kappa shape index (κ1) is 26.7. The average molecular weight is 481 g/mol. The Morgan fingerprint density at radius 2 is 1.74 bits per heavy atom. The highest BCUT2D eigenvalue weighted by Gasteiger charge is 2.31. The molecule has 0 radical (unpaired) electrons. The first-order valence-corrected chi connectivity index (χ1v) is 10.4. The number of carbonyl (C=O) groups is 3. The van der Waals surface area contributed by atoms with Crippen molar-refractivity contribution in [3.05, 3.63) is 53.1 Å². The van der Waals surface area contributed by atoms with Crippen molar-refractivity contribution in [2.75, 3.05) is 20.8 Å². The molecule has 184 valence electrons. The molecule has 2 rings (SSSR count). The summed E-state index contributed by atoms with van der Waals surface area (Å²) in [6, 6.07) is 8.15. The van der Waals surface area contributed by atoms with Crippen LogP contribution in [0.1, 0.15) is 36.5 Å². The number of methoxy groups -OCH3 is 2. The van der Waals surface area contributed by atoms with Gasteiger partial charge in [0.2, 0.25) is 5.91 Å². The molecule has 1 N–H and O–H groups in total. The Labute approximate surface area is 195 Å². The maximum atomic E-state index is 13.4. The molecule has 7 nitrogen and oxygen atoms in total. The van der Waals surface area contributed by atoms with Crippen LogP contribution < -0.4 is 10.1 Å². The predicted molar refractivity (Wildman–Crippen MR) is 117 cm³/mol. The van der Waals surface area contributed by atoms with Crippen molar-refractivity contribution < 1.29 is 41.8 Å². The highest BCUT2D eigenvalue weighted by Crippen LogP contribution is 2.37. The standard InChI is InChI=1S/C24H26F3NO6/c1-15(29)34-10-4-5-22(30)28-14-17-13-18(24(25,26)27)7-8-19(17)20-11-16(12-23(31)33-3)6-9-21(20)32-2/h6-9,11,13H,4-5,10,12,14H2,1-3H3,(H,28,30). The van der Waals surface area contributed by atoms with Gasteiger partial charge in [-0.2, -0.15) is 13.2 Å². The number of benzene rings is 2. The molecule has 0 aliphatic heterocycles. The zero-order chi connectivity index (χ0) is 25.3. The molecule has 0 spiro atoms. The zero-order valence-electron chi connectivity index (χ0n) is 19.1. The Morgan fingerprint density at radius 3 is 2.35 bits per heavy atom. The number of nitrogens with one attached hydrogen (secondary N) is 1. The van der Waals surface area contributed by atoms with Crippen molar-refractivity contribution in [2.45, 2.75) is 38.9 Å². The second kappa shape index (κ2) is 12.1. The van der Waals surface area contributed by atoms with Gasteiger partial charge in [0, 0.05) is 25.5 Å². The molecule has 0 heterocycles. The largest absolute Gasteiger partial charge is 0.496 e. The molecule has 0 unspecified atom stereocenters. The molecule has 0 fully saturated rings. The number of ether oxygens (including phenoxy) is 3. The van der Waals surface area contributed by atoms with Crippen LogP contribution in [-0.4, -0.2) is 38.7 Å². The van der Waals surface area contributed by atoms with Crippen LogP contribution in [0, 0.1) is 0 Å². The molecule has 2 aromatic carbocycles. The summed E-state index contributed by atoms with van der Waals surface area (Å²) >= 11 is 0. The van der Waals surface area contributed by atoms with Crippen LogP contribution in [0.25, 0.3) is 11.1 Å². The monoisotopic (exact) mass is 481 g/mol. The van der Waals surface area contributed by atoms with Gasteiger partial charge >= 0.3 is 18.1 Å². The molecule has 0 bridgehead atoms. The number of carbonyl (C=O) groups excluding carboxylic acids is 3. The number of alkyl halides is 3.